The minimum absolute atomic E-state index is 0.00658. The Bertz CT molecular complexity index is 3130. The molecule has 29 heteroatoms. The SMILES string of the molecule is COc1ccc(NC(=O)[C@H](CCCCN)NC(=O)c2cc(NC(=O)[C@H](CCCCN)NC(=O)c3cc(NC(=O)[C@H](CCCCN)NC(=O)c4cc(NC(=O)[C@@H](N)CCCCN)ccc4OC)ccc3OC)ccc2OC)cc1C(=O)N[C@@H](CCC(=O)O)C(=O)O. The summed E-state index contributed by atoms with van der Waals surface area (Å²) in [5, 5.41) is 40.1. The number of carbonyl (C=O) groups is 10. The van der Waals surface area contributed by atoms with Gasteiger partial charge in [-0.2, -0.15) is 0 Å². The maximum atomic E-state index is 14.3. The fourth-order valence-electron chi connectivity index (χ4n) is 9.17. The molecular formula is C61H85N13O16. The quantitative estimate of drug-likeness (QED) is 0.0285. The van der Waals surface area contributed by atoms with E-state index in [1.165, 1.54) is 95.2 Å². The molecule has 0 aromatic heterocycles. The summed E-state index contributed by atoms with van der Waals surface area (Å²) >= 11 is 0. The minimum Gasteiger partial charge on any atom is -0.496 e. The predicted molar refractivity (Wildman–Crippen MR) is 336 cm³/mol. The normalized spacial score (nSPS) is 12.5. The highest BCUT2D eigenvalue weighted by Gasteiger charge is 2.30. The fourth-order valence-corrected chi connectivity index (χ4v) is 9.17. The van der Waals surface area contributed by atoms with Crippen molar-refractivity contribution < 1.29 is 77.1 Å². The minimum atomic E-state index is -1.56. The summed E-state index contributed by atoms with van der Waals surface area (Å²) < 4.78 is 21.8. The van der Waals surface area contributed by atoms with E-state index in [4.69, 9.17) is 52.7 Å². The van der Waals surface area contributed by atoms with Crippen molar-refractivity contribution in [3.8, 4) is 23.0 Å². The highest BCUT2D eigenvalue weighted by atomic mass is 16.5. The van der Waals surface area contributed by atoms with Gasteiger partial charge in [0.25, 0.3) is 23.6 Å². The van der Waals surface area contributed by atoms with Crippen LogP contribution in [0.5, 0.6) is 23.0 Å². The maximum Gasteiger partial charge on any atom is 0.326 e. The second kappa shape index (κ2) is 38.1. The Hall–Kier alpha value is -9.42. The number of hydrogen-bond acceptors (Lipinski definition) is 19. The van der Waals surface area contributed by atoms with Gasteiger partial charge in [0.15, 0.2) is 0 Å². The Balaban J connectivity index is 1.56. The van der Waals surface area contributed by atoms with E-state index in [0.29, 0.717) is 70.9 Å². The third-order valence-electron chi connectivity index (χ3n) is 14.1. The molecule has 29 nitrogen and oxygen atoms in total. The van der Waals surface area contributed by atoms with E-state index in [1.54, 1.807) is 6.07 Å². The van der Waals surface area contributed by atoms with Crippen LogP contribution in [0, 0.1) is 0 Å². The average molecular weight is 1260 g/mol. The molecule has 0 radical (unpaired) electrons. The summed E-state index contributed by atoms with van der Waals surface area (Å²) in [6, 6.07) is 10.9. The van der Waals surface area contributed by atoms with Crippen LogP contribution in [0.4, 0.5) is 22.7 Å². The molecule has 4 aromatic carbocycles. The number of ether oxygens (including phenoxy) is 4. The van der Waals surface area contributed by atoms with Crippen LogP contribution in [0.3, 0.4) is 0 Å². The molecule has 90 heavy (non-hydrogen) atoms. The van der Waals surface area contributed by atoms with Crippen molar-refractivity contribution in [2.75, 3.05) is 75.9 Å². The molecule has 20 N–H and O–H groups in total. The van der Waals surface area contributed by atoms with Gasteiger partial charge >= 0.3 is 11.9 Å². The highest BCUT2D eigenvalue weighted by molar-refractivity contribution is 6.08. The van der Waals surface area contributed by atoms with Crippen molar-refractivity contribution >= 4 is 81.9 Å². The van der Waals surface area contributed by atoms with Gasteiger partial charge in [-0.05, 0) is 176 Å². The van der Waals surface area contributed by atoms with Gasteiger partial charge in [0.2, 0.25) is 23.6 Å². The lowest BCUT2D eigenvalue weighted by molar-refractivity contribution is -0.140. The van der Waals surface area contributed by atoms with E-state index >= 15 is 0 Å². The average Bonchev–Trinajstić information content (AvgIpc) is 1.37. The van der Waals surface area contributed by atoms with Crippen LogP contribution in [-0.2, 0) is 28.8 Å². The Morgan fingerprint density at radius 2 is 0.644 bits per heavy atom. The number of methoxy groups -OCH3 is 4. The number of rotatable bonds is 40. The number of carboxylic acid groups (broad SMARTS) is 2. The van der Waals surface area contributed by atoms with Crippen LogP contribution < -0.4 is 90.2 Å². The Morgan fingerprint density at radius 1 is 0.378 bits per heavy atom. The van der Waals surface area contributed by atoms with Crippen LogP contribution in [-0.4, -0.2) is 154 Å². The number of aliphatic carboxylic acids is 2. The molecule has 4 rings (SSSR count). The van der Waals surface area contributed by atoms with Gasteiger partial charge in [-0.25, -0.2) is 4.79 Å². The molecule has 0 spiro atoms. The van der Waals surface area contributed by atoms with E-state index in [0.717, 1.165) is 0 Å². The van der Waals surface area contributed by atoms with Gasteiger partial charge in [0.1, 0.15) is 47.2 Å². The zero-order chi connectivity index (χ0) is 66.3. The molecule has 8 amide bonds. The van der Waals surface area contributed by atoms with E-state index in [1.807, 2.05) is 0 Å². The first-order chi connectivity index (χ1) is 43.1. The molecule has 5 atom stereocenters. The molecule has 490 valence electrons. The van der Waals surface area contributed by atoms with E-state index in [2.05, 4.69) is 42.5 Å². The standard InChI is InChI=1S/C61H85N13O16/c1-87-48-22-17-35(67-57(81)43(66)13-5-9-27-62)31-39(48)53(77)71-44(14-6-10-28-63)58(82)68-36-18-23-49(88-2)40(32-36)54(78)72-45(15-7-11-29-64)59(83)69-37-19-24-50(89-3)41(33-37)55(79)73-46(16-8-12-30-65)60(84)70-38-20-25-51(90-4)42(34-38)56(80)74-47(61(85)86)21-26-52(75)76/h17-20,22-25,31-34,43-47H,5-16,21,26-30,62-66H2,1-4H3,(H,67,81)(H,68,82)(H,69,83)(H,70,84)(H,71,77)(H,72,78)(H,73,79)(H,74,80)(H,75,76)(H,85,86)/t43-,44-,45-,46-,47-/m0/s1. The molecule has 0 saturated heterocycles. The van der Waals surface area contributed by atoms with E-state index in [9.17, 15) is 53.1 Å². The van der Waals surface area contributed by atoms with Crippen molar-refractivity contribution in [1.29, 1.82) is 0 Å². The van der Waals surface area contributed by atoms with Crippen LogP contribution in [0.1, 0.15) is 131 Å². The van der Waals surface area contributed by atoms with Gasteiger partial charge in [-0.1, -0.05) is 6.42 Å². The summed E-state index contributed by atoms with van der Waals surface area (Å²) in [7, 11) is 5.26. The molecule has 0 aliphatic rings. The van der Waals surface area contributed by atoms with Gasteiger partial charge in [-0.15, -0.1) is 0 Å². The zero-order valence-corrected chi connectivity index (χ0v) is 51.0. The first-order valence-electron chi connectivity index (χ1n) is 29.3. The lowest BCUT2D eigenvalue weighted by atomic mass is 10.1. The zero-order valence-electron chi connectivity index (χ0n) is 51.0. The number of hydrogen-bond donors (Lipinski definition) is 15. The number of carbonyl (C=O) groups excluding carboxylic acids is 8. The number of amides is 8. The van der Waals surface area contributed by atoms with Crippen LogP contribution in [0.2, 0.25) is 0 Å². The molecule has 0 unspecified atom stereocenters. The van der Waals surface area contributed by atoms with Crippen LogP contribution >= 0.6 is 0 Å². The molecule has 0 saturated carbocycles. The molecule has 0 aliphatic carbocycles. The number of nitrogens with one attached hydrogen (secondary N) is 8. The lowest BCUT2D eigenvalue weighted by Crippen LogP contribution is -2.44. The van der Waals surface area contributed by atoms with Crippen molar-refractivity contribution in [2.24, 2.45) is 28.7 Å². The Morgan fingerprint density at radius 3 is 0.900 bits per heavy atom. The third-order valence-corrected chi connectivity index (χ3v) is 14.1. The van der Waals surface area contributed by atoms with Gasteiger partial charge in [0, 0.05) is 29.2 Å². The maximum absolute atomic E-state index is 14.3. The monoisotopic (exact) mass is 1260 g/mol. The van der Waals surface area contributed by atoms with Crippen LogP contribution in [0.25, 0.3) is 0 Å². The molecule has 0 heterocycles. The molecular weight excluding hydrogens is 1170 g/mol. The predicted octanol–water partition coefficient (Wildman–Crippen LogP) is 2.76. The first-order valence-corrected chi connectivity index (χ1v) is 29.3. The first kappa shape index (κ1) is 73.1. The smallest absolute Gasteiger partial charge is 0.326 e. The van der Waals surface area contributed by atoms with Crippen molar-refractivity contribution in [3.63, 3.8) is 0 Å². The van der Waals surface area contributed by atoms with Gasteiger partial charge in [0.05, 0.1) is 56.7 Å². The fraction of sp³-hybridized carbons (Fsp3) is 0.443. The highest BCUT2D eigenvalue weighted by Crippen LogP contribution is 2.28. The third kappa shape index (κ3) is 22.9. The topological polar surface area (TPSA) is 474 Å². The summed E-state index contributed by atoms with van der Waals surface area (Å²) in [4.78, 5) is 134. The van der Waals surface area contributed by atoms with E-state index < -0.39 is 102 Å². The number of benzene rings is 4. The van der Waals surface area contributed by atoms with Gasteiger partial charge < -0.3 is 100 Å². The van der Waals surface area contributed by atoms with Crippen LogP contribution in [0.15, 0.2) is 72.8 Å². The number of carboxylic acids is 2. The molecule has 4 aromatic rings. The second-order valence-corrected chi connectivity index (χ2v) is 20.7. The molecule has 0 bridgehead atoms. The summed E-state index contributed by atoms with van der Waals surface area (Å²) in [6.45, 7) is 1.33. The van der Waals surface area contributed by atoms with Gasteiger partial charge in [-0.3, -0.25) is 43.2 Å². The number of unbranched alkanes of at least 4 members (excludes halogenated alkanes) is 4. The van der Waals surface area contributed by atoms with Crippen molar-refractivity contribution in [3.05, 3.63) is 95.1 Å². The lowest BCUT2D eigenvalue weighted by Gasteiger charge is -2.22. The summed E-state index contributed by atoms with van der Waals surface area (Å²) in [6.07, 6.45) is 3.85. The summed E-state index contributed by atoms with van der Waals surface area (Å²) in [5.74, 6) is -8.18. The van der Waals surface area contributed by atoms with E-state index in [-0.39, 0.29) is 100 Å². The summed E-state index contributed by atoms with van der Waals surface area (Å²) in [5.41, 5.74) is 29.2. The number of nitrogens with two attached hydrogens (primary N) is 5. The Kier molecular flexibility index (Phi) is 30.9. The van der Waals surface area contributed by atoms with Crippen molar-refractivity contribution in [2.45, 2.75) is 120 Å². The molecule has 0 fully saturated rings. The largest absolute Gasteiger partial charge is 0.496 e. The second-order valence-electron chi connectivity index (χ2n) is 20.7. The number of anilines is 4. The molecule has 0 aliphatic heterocycles. The Labute approximate surface area is 521 Å². The van der Waals surface area contributed by atoms with Crippen molar-refractivity contribution in [1.82, 2.24) is 21.3 Å².